The summed E-state index contributed by atoms with van der Waals surface area (Å²) in [4.78, 5) is 12.1. The van der Waals surface area contributed by atoms with Gasteiger partial charge in [-0.3, -0.25) is 9.48 Å². The molecule has 23 heavy (non-hydrogen) atoms. The summed E-state index contributed by atoms with van der Waals surface area (Å²) in [6.07, 6.45) is 0. The first-order valence-electron chi connectivity index (χ1n) is 7.27. The smallest absolute Gasteiger partial charge is 0.276 e. The van der Waals surface area contributed by atoms with Crippen LogP contribution in [0.25, 0.3) is 0 Å². The Bertz CT molecular complexity index is 789. The largest absolute Gasteiger partial charge is 0.457 e. The number of aromatic nitrogens is 2. The number of benzene rings is 2. The molecule has 0 aliphatic rings. The molecule has 116 valence electrons. The highest BCUT2D eigenvalue weighted by molar-refractivity contribution is 6.02. The monoisotopic (exact) mass is 307 g/mol. The summed E-state index contributed by atoms with van der Waals surface area (Å²) in [5.41, 5.74) is 2.02. The Balaban J connectivity index is 1.66. The SMILES string of the molecule is Cc1cc(C(=O)Nc2ccc(Oc3ccccc3)cc2)nn1C. The molecule has 5 nitrogen and oxygen atoms in total. The lowest BCUT2D eigenvalue weighted by atomic mass is 10.2. The average molecular weight is 307 g/mol. The third-order valence-electron chi connectivity index (χ3n) is 3.44. The van der Waals surface area contributed by atoms with Crippen molar-refractivity contribution in [2.24, 2.45) is 7.05 Å². The van der Waals surface area contributed by atoms with Gasteiger partial charge < -0.3 is 10.1 Å². The number of carbonyl (C=O) groups excluding carboxylic acids is 1. The second kappa shape index (κ2) is 6.36. The number of para-hydroxylation sites is 1. The van der Waals surface area contributed by atoms with Crippen molar-refractivity contribution in [3.63, 3.8) is 0 Å². The predicted molar refractivity (Wildman–Crippen MR) is 88.9 cm³/mol. The van der Waals surface area contributed by atoms with E-state index in [1.807, 2.05) is 56.4 Å². The number of hydrogen-bond acceptors (Lipinski definition) is 3. The minimum Gasteiger partial charge on any atom is -0.457 e. The van der Waals surface area contributed by atoms with Gasteiger partial charge in [-0.1, -0.05) is 18.2 Å². The van der Waals surface area contributed by atoms with Crippen molar-refractivity contribution in [3.8, 4) is 11.5 Å². The Hall–Kier alpha value is -3.08. The van der Waals surface area contributed by atoms with Gasteiger partial charge in [-0.25, -0.2) is 0 Å². The van der Waals surface area contributed by atoms with Crippen LogP contribution in [0.2, 0.25) is 0 Å². The third-order valence-corrected chi connectivity index (χ3v) is 3.44. The van der Waals surface area contributed by atoms with Crippen LogP contribution in [-0.4, -0.2) is 15.7 Å². The van der Waals surface area contributed by atoms with Crippen LogP contribution in [0.15, 0.2) is 60.7 Å². The van der Waals surface area contributed by atoms with Gasteiger partial charge >= 0.3 is 0 Å². The number of ether oxygens (including phenoxy) is 1. The van der Waals surface area contributed by atoms with Crippen molar-refractivity contribution in [3.05, 3.63) is 72.1 Å². The number of hydrogen-bond donors (Lipinski definition) is 1. The van der Waals surface area contributed by atoms with Crippen LogP contribution in [0, 0.1) is 6.92 Å². The Morgan fingerprint density at radius 1 is 1.04 bits per heavy atom. The van der Waals surface area contributed by atoms with E-state index < -0.39 is 0 Å². The molecule has 1 aromatic heterocycles. The van der Waals surface area contributed by atoms with Crippen LogP contribution >= 0.6 is 0 Å². The molecule has 0 unspecified atom stereocenters. The lowest BCUT2D eigenvalue weighted by molar-refractivity contribution is 0.102. The van der Waals surface area contributed by atoms with E-state index in [-0.39, 0.29) is 5.91 Å². The van der Waals surface area contributed by atoms with Gasteiger partial charge in [0.1, 0.15) is 11.5 Å². The van der Waals surface area contributed by atoms with E-state index in [1.165, 1.54) is 0 Å². The van der Waals surface area contributed by atoms with Crippen molar-refractivity contribution < 1.29 is 9.53 Å². The predicted octanol–water partition coefficient (Wildman–Crippen LogP) is 3.77. The molecule has 0 radical (unpaired) electrons. The van der Waals surface area contributed by atoms with Crippen LogP contribution in [0.4, 0.5) is 5.69 Å². The Kier molecular flexibility index (Phi) is 4.10. The molecule has 0 aliphatic heterocycles. The summed E-state index contributed by atoms with van der Waals surface area (Å²) >= 11 is 0. The first-order chi connectivity index (χ1) is 11.1. The summed E-state index contributed by atoms with van der Waals surface area (Å²) < 4.78 is 7.39. The fourth-order valence-corrected chi connectivity index (χ4v) is 2.10. The molecule has 0 bridgehead atoms. The quantitative estimate of drug-likeness (QED) is 0.798. The van der Waals surface area contributed by atoms with E-state index in [1.54, 1.807) is 22.9 Å². The number of anilines is 1. The molecule has 0 saturated carbocycles. The second-order valence-electron chi connectivity index (χ2n) is 5.19. The number of nitrogens with zero attached hydrogens (tertiary/aromatic N) is 2. The fourth-order valence-electron chi connectivity index (χ4n) is 2.10. The topological polar surface area (TPSA) is 56.1 Å². The highest BCUT2D eigenvalue weighted by Gasteiger charge is 2.11. The van der Waals surface area contributed by atoms with Crippen molar-refractivity contribution >= 4 is 11.6 Å². The van der Waals surface area contributed by atoms with E-state index in [0.717, 1.165) is 11.4 Å². The zero-order chi connectivity index (χ0) is 16.2. The highest BCUT2D eigenvalue weighted by atomic mass is 16.5. The van der Waals surface area contributed by atoms with E-state index >= 15 is 0 Å². The molecule has 1 N–H and O–H groups in total. The molecule has 3 rings (SSSR count). The maximum Gasteiger partial charge on any atom is 0.276 e. The van der Waals surface area contributed by atoms with Gasteiger partial charge in [-0.2, -0.15) is 5.10 Å². The Morgan fingerprint density at radius 3 is 2.30 bits per heavy atom. The molecule has 1 heterocycles. The minimum absolute atomic E-state index is 0.231. The van der Waals surface area contributed by atoms with Gasteiger partial charge in [0, 0.05) is 18.4 Å². The molecule has 0 aliphatic carbocycles. The Labute approximate surface area is 134 Å². The molecule has 1 amide bonds. The van der Waals surface area contributed by atoms with Crippen LogP contribution in [0.1, 0.15) is 16.2 Å². The van der Waals surface area contributed by atoms with Crippen molar-refractivity contribution in [2.45, 2.75) is 6.92 Å². The molecule has 5 heteroatoms. The van der Waals surface area contributed by atoms with E-state index in [0.29, 0.717) is 17.1 Å². The van der Waals surface area contributed by atoms with Gasteiger partial charge in [0.2, 0.25) is 0 Å². The maximum absolute atomic E-state index is 12.1. The van der Waals surface area contributed by atoms with Crippen molar-refractivity contribution in [1.82, 2.24) is 9.78 Å². The molecular weight excluding hydrogens is 290 g/mol. The van der Waals surface area contributed by atoms with Gasteiger partial charge in [0.15, 0.2) is 5.69 Å². The molecular formula is C18H17N3O2. The molecule has 2 aromatic carbocycles. The van der Waals surface area contributed by atoms with Crippen molar-refractivity contribution in [1.29, 1.82) is 0 Å². The van der Waals surface area contributed by atoms with Gasteiger partial charge in [0.25, 0.3) is 5.91 Å². The number of rotatable bonds is 4. The van der Waals surface area contributed by atoms with E-state index in [2.05, 4.69) is 10.4 Å². The zero-order valence-corrected chi connectivity index (χ0v) is 13.0. The summed E-state index contributed by atoms with van der Waals surface area (Å²) in [6, 6.07) is 18.5. The first-order valence-corrected chi connectivity index (χ1v) is 7.27. The third kappa shape index (κ3) is 3.58. The second-order valence-corrected chi connectivity index (χ2v) is 5.19. The van der Waals surface area contributed by atoms with Gasteiger partial charge in [-0.05, 0) is 49.4 Å². The summed E-state index contributed by atoms with van der Waals surface area (Å²) in [5.74, 6) is 1.25. The van der Waals surface area contributed by atoms with Gasteiger partial charge in [0.05, 0.1) is 0 Å². The number of carbonyl (C=O) groups is 1. The summed E-state index contributed by atoms with van der Waals surface area (Å²) in [6.45, 7) is 1.90. The summed E-state index contributed by atoms with van der Waals surface area (Å²) in [5, 5.41) is 6.98. The number of amides is 1. The Morgan fingerprint density at radius 2 is 1.70 bits per heavy atom. The van der Waals surface area contributed by atoms with Crippen LogP contribution in [0.3, 0.4) is 0 Å². The van der Waals surface area contributed by atoms with Crippen LogP contribution in [-0.2, 0) is 7.05 Å². The molecule has 0 spiro atoms. The fraction of sp³-hybridized carbons (Fsp3) is 0.111. The zero-order valence-electron chi connectivity index (χ0n) is 13.0. The molecule has 3 aromatic rings. The number of nitrogens with one attached hydrogen (secondary N) is 1. The first kappa shape index (κ1) is 14.8. The van der Waals surface area contributed by atoms with Crippen molar-refractivity contribution in [2.75, 3.05) is 5.32 Å². The molecule has 0 saturated heterocycles. The minimum atomic E-state index is -0.231. The lowest BCUT2D eigenvalue weighted by Gasteiger charge is -2.07. The standard InChI is InChI=1S/C18H17N3O2/c1-13-12-17(20-21(13)2)18(22)19-14-8-10-16(11-9-14)23-15-6-4-3-5-7-15/h3-12H,1-2H3,(H,19,22). The highest BCUT2D eigenvalue weighted by Crippen LogP contribution is 2.22. The van der Waals surface area contributed by atoms with Crippen LogP contribution in [0.5, 0.6) is 11.5 Å². The van der Waals surface area contributed by atoms with E-state index in [4.69, 9.17) is 4.74 Å². The maximum atomic E-state index is 12.1. The number of aryl methyl sites for hydroxylation is 2. The van der Waals surface area contributed by atoms with E-state index in [9.17, 15) is 4.79 Å². The lowest BCUT2D eigenvalue weighted by Crippen LogP contribution is -2.12. The van der Waals surface area contributed by atoms with Gasteiger partial charge in [-0.15, -0.1) is 0 Å². The normalized spacial score (nSPS) is 10.3. The molecule has 0 atom stereocenters. The summed E-state index contributed by atoms with van der Waals surface area (Å²) in [7, 11) is 1.81. The average Bonchev–Trinajstić information content (AvgIpc) is 2.90. The van der Waals surface area contributed by atoms with Crippen LogP contribution < -0.4 is 10.1 Å². The molecule has 0 fully saturated rings.